The van der Waals surface area contributed by atoms with Crippen molar-refractivity contribution in [2.75, 3.05) is 0 Å². The maximum absolute atomic E-state index is 13.5. The molecule has 1 aromatic carbocycles. The predicted molar refractivity (Wildman–Crippen MR) is 59.8 cm³/mol. The molecule has 0 fully saturated rings. The van der Waals surface area contributed by atoms with Crippen molar-refractivity contribution >= 4 is 31.3 Å². The van der Waals surface area contributed by atoms with Crippen molar-refractivity contribution in [2.24, 2.45) is 0 Å². The lowest BCUT2D eigenvalue weighted by atomic mass is 10.2. The van der Waals surface area contributed by atoms with Crippen LogP contribution in [0.2, 0.25) is 5.02 Å². The van der Waals surface area contributed by atoms with Gasteiger partial charge in [-0.1, -0.05) is 17.7 Å². The minimum absolute atomic E-state index is 0.0718. The van der Waals surface area contributed by atoms with Crippen LogP contribution in [0.1, 0.15) is 0 Å². The van der Waals surface area contributed by atoms with Gasteiger partial charge in [-0.25, -0.2) is 17.9 Å². The number of hydrogen-bond acceptors (Lipinski definition) is 4. The van der Waals surface area contributed by atoms with Crippen molar-refractivity contribution in [3.8, 4) is 11.4 Å². The first-order valence-corrected chi connectivity index (χ1v) is 6.90. The quantitative estimate of drug-likeness (QED) is 0.862. The Morgan fingerprint density at radius 2 is 2.06 bits per heavy atom. The molecule has 0 unspecified atom stereocenters. The van der Waals surface area contributed by atoms with Crippen LogP contribution in [0, 0.1) is 5.82 Å². The minimum Gasteiger partial charge on any atom is -0.248 e. The Morgan fingerprint density at radius 3 is 2.59 bits per heavy atom. The maximum atomic E-state index is 13.5. The van der Waals surface area contributed by atoms with Crippen LogP contribution in [0.15, 0.2) is 23.4 Å². The highest BCUT2D eigenvalue weighted by Crippen LogP contribution is 2.28. The molecule has 0 atom stereocenters. The fourth-order valence-corrected chi connectivity index (χ4v) is 1.98. The largest absolute Gasteiger partial charge is 0.296 e. The summed E-state index contributed by atoms with van der Waals surface area (Å²) in [4.78, 5) is 3.56. The van der Waals surface area contributed by atoms with Crippen LogP contribution in [0.5, 0.6) is 0 Å². The maximum Gasteiger partial charge on any atom is 0.296 e. The summed E-state index contributed by atoms with van der Waals surface area (Å²) >= 11 is 5.77. The van der Waals surface area contributed by atoms with Gasteiger partial charge >= 0.3 is 0 Å². The SMILES string of the molecule is O=S(=O)(Cl)c1nc(-c2c(F)cccc2Cl)n[nH]1. The topological polar surface area (TPSA) is 75.7 Å². The lowest BCUT2D eigenvalue weighted by Gasteiger charge is -1.99. The van der Waals surface area contributed by atoms with Crippen molar-refractivity contribution in [3.63, 3.8) is 0 Å². The fourth-order valence-electron chi connectivity index (χ4n) is 1.18. The van der Waals surface area contributed by atoms with E-state index in [2.05, 4.69) is 15.2 Å². The van der Waals surface area contributed by atoms with Gasteiger partial charge in [-0.15, -0.1) is 0 Å². The molecule has 1 aromatic heterocycles. The molecule has 0 bridgehead atoms. The zero-order chi connectivity index (χ0) is 12.6. The first-order chi connectivity index (χ1) is 7.89. The molecular weight excluding hydrogens is 292 g/mol. The number of aromatic nitrogens is 3. The number of hydrogen-bond donors (Lipinski definition) is 1. The Balaban J connectivity index is 2.59. The molecule has 2 aromatic rings. The van der Waals surface area contributed by atoms with E-state index in [0.717, 1.165) is 6.07 Å². The molecule has 17 heavy (non-hydrogen) atoms. The third-order valence-corrected chi connectivity index (χ3v) is 3.28. The Kier molecular flexibility index (Phi) is 3.07. The second-order valence-electron chi connectivity index (χ2n) is 3.00. The molecule has 1 N–H and O–H groups in total. The summed E-state index contributed by atoms with van der Waals surface area (Å²) in [5.74, 6) is -0.831. The van der Waals surface area contributed by atoms with E-state index in [-0.39, 0.29) is 16.4 Å². The Bertz CT molecular complexity index is 651. The normalized spacial score (nSPS) is 11.7. The first kappa shape index (κ1) is 12.3. The van der Waals surface area contributed by atoms with E-state index in [9.17, 15) is 12.8 Å². The Hall–Kier alpha value is -1.18. The van der Waals surface area contributed by atoms with Crippen molar-refractivity contribution in [1.82, 2.24) is 15.2 Å². The highest BCUT2D eigenvalue weighted by molar-refractivity contribution is 8.13. The van der Waals surface area contributed by atoms with E-state index >= 15 is 0 Å². The summed E-state index contributed by atoms with van der Waals surface area (Å²) in [6, 6.07) is 4.00. The molecule has 0 saturated carbocycles. The number of H-pyrrole nitrogens is 1. The molecule has 90 valence electrons. The highest BCUT2D eigenvalue weighted by Gasteiger charge is 2.20. The van der Waals surface area contributed by atoms with E-state index < -0.39 is 20.0 Å². The van der Waals surface area contributed by atoms with Crippen LogP contribution in [0.4, 0.5) is 4.39 Å². The van der Waals surface area contributed by atoms with Crippen LogP contribution in [-0.2, 0) is 9.05 Å². The van der Waals surface area contributed by atoms with Crippen LogP contribution >= 0.6 is 22.3 Å². The molecule has 0 radical (unpaired) electrons. The molecule has 0 amide bonds. The van der Waals surface area contributed by atoms with Gasteiger partial charge in [-0.05, 0) is 12.1 Å². The second kappa shape index (κ2) is 4.25. The Morgan fingerprint density at radius 1 is 1.35 bits per heavy atom. The van der Waals surface area contributed by atoms with E-state index in [0.29, 0.717) is 0 Å². The molecule has 0 aliphatic heterocycles. The van der Waals surface area contributed by atoms with Crippen molar-refractivity contribution in [2.45, 2.75) is 5.16 Å². The molecule has 1 heterocycles. The van der Waals surface area contributed by atoms with Gasteiger partial charge in [0.2, 0.25) is 0 Å². The smallest absolute Gasteiger partial charge is 0.248 e. The van der Waals surface area contributed by atoms with Crippen LogP contribution in [0.25, 0.3) is 11.4 Å². The average Bonchev–Trinajstić information content (AvgIpc) is 2.65. The van der Waals surface area contributed by atoms with Crippen LogP contribution in [-0.4, -0.2) is 23.6 Å². The summed E-state index contributed by atoms with van der Waals surface area (Å²) in [6.07, 6.45) is 0. The number of halogens is 3. The summed E-state index contributed by atoms with van der Waals surface area (Å²) in [6.45, 7) is 0. The van der Waals surface area contributed by atoms with E-state index in [1.807, 2.05) is 0 Å². The van der Waals surface area contributed by atoms with Crippen molar-refractivity contribution in [3.05, 3.63) is 29.0 Å². The third kappa shape index (κ3) is 2.41. The van der Waals surface area contributed by atoms with Gasteiger partial charge < -0.3 is 0 Å². The Labute approximate surface area is 105 Å². The van der Waals surface area contributed by atoms with Gasteiger partial charge in [-0.2, -0.15) is 10.1 Å². The molecule has 0 saturated heterocycles. The van der Waals surface area contributed by atoms with Gasteiger partial charge in [0.1, 0.15) is 5.82 Å². The molecule has 9 heteroatoms. The molecular formula is C8H4Cl2FN3O2S. The molecule has 5 nitrogen and oxygen atoms in total. The van der Waals surface area contributed by atoms with Crippen LogP contribution < -0.4 is 0 Å². The summed E-state index contributed by atoms with van der Waals surface area (Å²) in [5.41, 5.74) is -0.0861. The number of aromatic amines is 1. The van der Waals surface area contributed by atoms with E-state index in [1.54, 1.807) is 0 Å². The van der Waals surface area contributed by atoms with Gasteiger partial charge in [-0.3, -0.25) is 0 Å². The second-order valence-corrected chi connectivity index (χ2v) is 5.89. The lowest BCUT2D eigenvalue weighted by Crippen LogP contribution is -1.93. The zero-order valence-electron chi connectivity index (χ0n) is 7.99. The van der Waals surface area contributed by atoms with E-state index in [1.165, 1.54) is 12.1 Å². The summed E-state index contributed by atoms with van der Waals surface area (Å²) < 4.78 is 35.4. The number of nitrogens with zero attached hydrogens (tertiary/aromatic N) is 2. The molecule has 2 rings (SSSR count). The number of nitrogens with one attached hydrogen (secondary N) is 1. The average molecular weight is 296 g/mol. The van der Waals surface area contributed by atoms with Gasteiger partial charge in [0.05, 0.1) is 10.6 Å². The first-order valence-electron chi connectivity index (χ1n) is 4.21. The zero-order valence-corrected chi connectivity index (χ0v) is 10.3. The highest BCUT2D eigenvalue weighted by atomic mass is 35.7. The lowest BCUT2D eigenvalue weighted by molar-refractivity contribution is 0.601. The van der Waals surface area contributed by atoms with Gasteiger partial charge in [0.15, 0.2) is 5.82 Å². The standard InChI is InChI=1S/C8H4Cl2FN3O2S/c9-4-2-1-3-5(11)6(4)7-12-8(14-13-7)17(10,15)16/h1-3H,(H,12,13,14). The van der Waals surface area contributed by atoms with Gasteiger partial charge in [0.25, 0.3) is 14.2 Å². The van der Waals surface area contributed by atoms with Crippen LogP contribution in [0.3, 0.4) is 0 Å². The van der Waals surface area contributed by atoms with Crippen molar-refractivity contribution in [1.29, 1.82) is 0 Å². The third-order valence-electron chi connectivity index (χ3n) is 1.88. The number of benzene rings is 1. The van der Waals surface area contributed by atoms with E-state index in [4.69, 9.17) is 22.3 Å². The molecule has 0 spiro atoms. The number of rotatable bonds is 2. The van der Waals surface area contributed by atoms with Gasteiger partial charge in [0, 0.05) is 10.7 Å². The predicted octanol–water partition coefficient (Wildman–Crippen LogP) is 2.19. The summed E-state index contributed by atoms with van der Waals surface area (Å²) in [7, 11) is 1.01. The minimum atomic E-state index is -4.04. The monoisotopic (exact) mass is 295 g/mol. The summed E-state index contributed by atoms with van der Waals surface area (Å²) in [5, 5.41) is 5.15. The fraction of sp³-hybridized carbons (Fsp3) is 0. The van der Waals surface area contributed by atoms with Crippen molar-refractivity contribution < 1.29 is 12.8 Å². The molecule has 0 aliphatic carbocycles. The molecule has 0 aliphatic rings.